The molecule has 1 aromatic rings. The molecule has 15 nitrogen and oxygen atoms in total. The summed E-state index contributed by atoms with van der Waals surface area (Å²) >= 11 is 0. The molecule has 9 atom stereocenters. The molecule has 2 aliphatic rings. The van der Waals surface area contributed by atoms with Gasteiger partial charge >= 0.3 is 35.8 Å². The summed E-state index contributed by atoms with van der Waals surface area (Å²) in [4.78, 5) is 97.7. The highest BCUT2D eigenvalue weighted by molar-refractivity contribution is 5.92. The Hall–Kier alpha value is -4.92. The fraction of sp³-hybridized carbons (Fsp3) is 0.600. The number of aliphatic hydroxyl groups is 1. The lowest BCUT2D eigenvalue weighted by Crippen LogP contribution is -2.58. The van der Waals surface area contributed by atoms with Gasteiger partial charge in [-0.25, -0.2) is 4.79 Å². The summed E-state index contributed by atoms with van der Waals surface area (Å²) in [7, 11) is 0. The Balaban J connectivity index is 2.51. The van der Waals surface area contributed by atoms with Gasteiger partial charge < -0.3 is 33.5 Å². The number of ether oxygens (including phenoxy) is 6. The number of carbonyl (C=O) groups is 7. The van der Waals surface area contributed by atoms with Crippen molar-refractivity contribution in [2.45, 2.75) is 124 Å². The number of nitrogens with zero attached hydrogens (tertiary/aromatic N) is 1. The maximum Gasteiger partial charge on any atom is 0.340 e. The van der Waals surface area contributed by atoms with E-state index in [1.54, 1.807) is 13.8 Å². The molecule has 0 amide bonds. The standard InChI is InChI=1S/C40H53NO14/c1-20(2)35(46)52-30-23(6)29(50-24(7)42)28-33(53-36(47)21(3)4)39(12,55-26(9)44)19-40(28,49)32(45)22(5)15-16-38(10,11)34(31(30)51-25(8)43)54-37(48)27-14-13-17-41-18-27/h13-18,20-22,28-31,33-34,49H,6,19H2,1-5,7-12H3/t22-,28+,29+,30+,31-,33-,34-,39-,40-/m0/s1. The molecule has 0 unspecified atom stereocenters. The smallest absolute Gasteiger partial charge is 0.340 e. The fourth-order valence-electron chi connectivity index (χ4n) is 7.01. The van der Waals surface area contributed by atoms with Crippen molar-refractivity contribution in [3.8, 4) is 0 Å². The maximum atomic E-state index is 14.7. The number of aromatic nitrogens is 1. The van der Waals surface area contributed by atoms with Crippen LogP contribution in [-0.2, 0) is 57.2 Å². The number of esters is 6. The van der Waals surface area contributed by atoms with Gasteiger partial charge in [0.15, 0.2) is 30.2 Å². The lowest BCUT2D eigenvalue weighted by Gasteiger charge is -2.44. The van der Waals surface area contributed by atoms with Crippen LogP contribution in [0.3, 0.4) is 0 Å². The third kappa shape index (κ3) is 10.0. The first-order valence-corrected chi connectivity index (χ1v) is 18.1. The van der Waals surface area contributed by atoms with Gasteiger partial charge in [-0.15, -0.1) is 0 Å². The van der Waals surface area contributed by atoms with Gasteiger partial charge in [-0.05, 0) is 19.1 Å². The van der Waals surface area contributed by atoms with Gasteiger partial charge in [0.2, 0.25) is 0 Å². The summed E-state index contributed by atoms with van der Waals surface area (Å²) in [5.74, 6) is -10.5. The van der Waals surface area contributed by atoms with Crippen molar-refractivity contribution >= 4 is 41.6 Å². The van der Waals surface area contributed by atoms with Crippen LogP contribution in [0.2, 0.25) is 0 Å². The van der Waals surface area contributed by atoms with E-state index < -0.39 is 119 Å². The van der Waals surface area contributed by atoms with E-state index in [4.69, 9.17) is 28.4 Å². The number of carbonyl (C=O) groups excluding carboxylic acids is 7. The minimum absolute atomic E-state index is 0.0291. The minimum atomic E-state index is -2.57. The Morgan fingerprint density at radius 2 is 1.42 bits per heavy atom. The van der Waals surface area contributed by atoms with Crippen molar-refractivity contribution in [3.63, 3.8) is 0 Å². The lowest BCUT2D eigenvalue weighted by atomic mass is 9.72. The molecule has 1 fully saturated rings. The van der Waals surface area contributed by atoms with Crippen LogP contribution in [0.1, 0.15) is 92.9 Å². The molecule has 1 saturated carbocycles. The van der Waals surface area contributed by atoms with Gasteiger partial charge in [0, 0.05) is 56.5 Å². The first kappa shape index (κ1) is 44.5. The van der Waals surface area contributed by atoms with Crippen molar-refractivity contribution in [2.24, 2.45) is 29.1 Å². The van der Waals surface area contributed by atoms with E-state index in [1.165, 1.54) is 78.2 Å². The van der Waals surface area contributed by atoms with Gasteiger partial charge in [-0.1, -0.05) is 67.2 Å². The number of pyridine rings is 1. The predicted octanol–water partition coefficient (Wildman–Crippen LogP) is 4.04. The average Bonchev–Trinajstić information content (AvgIpc) is 3.30. The molecule has 1 heterocycles. The first-order chi connectivity index (χ1) is 25.4. The predicted molar refractivity (Wildman–Crippen MR) is 193 cm³/mol. The highest BCUT2D eigenvalue weighted by Gasteiger charge is 2.69. The molecule has 0 saturated heterocycles. The molecule has 55 heavy (non-hydrogen) atoms. The molecule has 0 spiro atoms. The number of Topliss-reactive ketones (excluding diaryl/α,β-unsaturated/α-hetero) is 1. The molecule has 3 rings (SSSR count). The Bertz CT molecular complexity index is 1700. The van der Waals surface area contributed by atoms with Crippen LogP contribution in [0.25, 0.3) is 0 Å². The van der Waals surface area contributed by atoms with E-state index >= 15 is 0 Å². The van der Waals surface area contributed by atoms with Crippen molar-refractivity contribution < 1.29 is 67.1 Å². The third-order valence-electron chi connectivity index (χ3n) is 9.67. The molecule has 302 valence electrons. The van der Waals surface area contributed by atoms with Gasteiger partial charge in [0.05, 0.1) is 23.3 Å². The van der Waals surface area contributed by atoms with E-state index in [-0.39, 0.29) is 11.1 Å². The van der Waals surface area contributed by atoms with Crippen LogP contribution < -0.4 is 0 Å². The van der Waals surface area contributed by atoms with Crippen LogP contribution in [-0.4, -0.2) is 93.4 Å². The Morgan fingerprint density at radius 3 is 1.93 bits per heavy atom. The summed E-state index contributed by atoms with van der Waals surface area (Å²) in [6.45, 7) is 19.6. The number of hydrogen-bond donors (Lipinski definition) is 1. The van der Waals surface area contributed by atoms with Crippen LogP contribution in [0.4, 0.5) is 0 Å². The highest BCUT2D eigenvalue weighted by atomic mass is 16.6. The number of fused-ring (bicyclic) bond motifs is 1. The summed E-state index contributed by atoms with van der Waals surface area (Å²) in [5, 5.41) is 12.7. The fourth-order valence-corrected chi connectivity index (χ4v) is 7.01. The second-order valence-corrected chi connectivity index (χ2v) is 15.6. The van der Waals surface area contributed by atoms with Crippen LogP contribution in [0, 0.1) is 29.1 Å². The van der Waals surface area contributed by atoms with E-state index in [1.807, 2.05) is 0 Å². The van der Waals surface area contributed by atoms with Crippen LogP contribution in [0.15, 0.2) is 48.8 Å². The normalized spacial score (nSPS) is 30.6. The largest absolute Gasteiger partial charge is 0.457 e. The Kier molecular flexibility index (Phi) is 14.0. The quantitative estimate of drug-likeness (QED) is 0.214. The monoisotopic (exact) mass is 771 g/mol. The summed E-state index contributed by atoms with van der Waals surface area (Å²) in [6, 6.07) is 2.95. The molecular formula is C40H53NO14. The SMILES string of the molecule is C=C1[C@@H](OC(=O)C(C)C)[C@H](OC(C)=O)[C@H](OC(=O)c2cccnc2)C(C)(C)C=C[C@H](C)C(=O)[C@]2(O)C[C@](C)(OC(C)=O)[C@@H](OC(=O)C(C)C)[C@H]2[C@@H]1OC(C)=O. The van der Waals surface area contributed by atoms with E-state index in [2.05, 4.69) is 11.6 Å². The second kappa shape index (κ2) is 17.3. The number of ketones is 1. The summed E-state index contributed by atoms with van der Waals surface area (Å²) in [6.07, 6.45) is -3.55. The number of rotatable bonds is 9. The van der Waals surface area contributed by atoms with E-state index in [9.17, 15) is 38.7 Å². The molecule has 15 heteroatoms. The topological polar surface area (TPSA) is 208 Å². The van der Waals surface area contributed by atoms with Gasteiger partial charge in [0.25, 0.3) is 0 Å². The molecular weight excluding hydrogens is 718 g/mol. The van der Waals surface area contributed by atoms with E-state index in [0.29, 0.717) is 0 Å². The second-order valence-electron chi connectivity index (χ2n) is 15.6. The number of allylic oxidation sites excluding steroid dienone is 1. The van der Waals surface area contributed by atoms with Crippen LogP contribution in [0.5, 0.6) is 0 Å². The molecule has 0 radical (unpaired) electrons. The van der Waals surface area contributed by atoms with Gasteiger partial charge in [-0.3, -0.25) is 33.8 Å². The lowest BCUT2D eigenvalue weighted by molar-refractivity contribution is -0.192. The molecule has 1 aromatic heterocycles. The minimum Gasteiger partial charge on any atom is -0.457 e. The van der Waals surface area contributed by atoms with Gasteiger partial charge in [0.1, 0.15) is 17.3 Å². The Labute approximate surface area is 321 Å². The summed E-state index contributed by atoms with van der Waals surface area (Å²) in [5.41, 5.74) is -6.13. The molecule has 2 aliphatic carbocycles. The zero-order chi connectivity index (χ0) is 41.8. The van der Waals surface area contributed by atoms with Crippen molar-refractivity contribution in [1.29, 1.82) is 0 Å². The van der Waals surface area contributed by atoms with Crippen molar-refractivity contribution in [2.75, 3.05) is 0 Å². The maximum absolute atomic E-state index is 14.7. The Morgan fingerprint density at radius 1 is 0.836 bits per heavy atom. The number of hydrogen-bond acceptors (Lipinski definition) is 15. The van der Waals surface area contributed by atoms with Crippen LogP contribution >= 0.6 is 0 Å². The van der Waals surface area contributed by atoms with Gasteiger partial charge in [-0.2, -0.15) is 0 Å². The molecule has 1 N–H and O–H groups in total. The molecule has 0 aliphatic heterocycles. The highest BCUT2D eigenvalue weighted by Crippen LogP contribution is 2.52. The third-order valence-corrected chi connectivity index (χ3v) is 9.67. The first-order valence-electron chi connectivity index (χ1n) is 18.1. The zero-order valence-electron chi connectivity index (χ0n) is 33.3. The zero-order valence-corrected chi connectivity index (χ0v) is 33.3. The molecule has 0 aromatic carbocycles. The van der Waals surface area contributed by atoms with Crippen molar-refractivity contribution in [1.82, 2.24) is 4.98 Å². The average molecular weight is 772 g/mol. The molecule has 0 bridgehead atoms. The summed E-state index contributed by atoms with van der Waals surface area (Å²) < 4.78 is 35.5. The van der Waals surface area contributed by atoms with E-state index in [0.717, 1.165) is 20.8 Å². The van der Waals surface area contributed by atoms with Crippen molar-refractivity contribution in [3.05, 3.63) is 54.4 Å².